The van der Waals surface area contributed by atoms with Crippen LogP contribution in [-0.4, -0.2) is 25.2 Å². The molecule has 0 aromatic rings. The van der Waals surface area contributed by atoms with Gasteiger partial charge in [-0.2, -0.15) is 0 Å². The molecule has 0 aromatic carbocycles. The van der Waals surface area contributed by atoms with Crippen LogP contribution in [0.15, 0.2) is 0 Å². The third-order valence-electron chi connectivity index (χ3n) is 3.85. The zero-order valence-electron chi connectivity index (χ0n) is 16.5. The molecule has 0 radical (unpaired) electrons. The molecule has 0 rings (SSSR count). The average molecular weight is 363 g/mol. The van der Waals surface area contributed by atoms with E-state index < -0.39 is 11.9 Å². The lowest BCUT2D eigenvalue weighted by atomic mass is 10.1. The molecule has 0 saturated carbocycles. The Balaban J connectivity index is 3.65. The molecular formula is C22H34O4. The van der Waals surface area contributed by atoms with E-state index in [-0.39, 0.29) is 0 Å². The lowest BCUT2D eigenvalue weighted by Gasteiger charge is -2.00. The van der Waals surface area contributed by atoms with Gasteiger partial charge in [-0.15, -0.1) is 0 Å². The Bertz CT molecular complexity index is 442. The number of ether oxygens (including phenoxy) is 2. The number of rotatable bonds is 14. The van der Waals surface area contributed by atoms with E-state index in [0.717, 1.165) is 25.7 Å². The smallest absolute Gasteiger partial charge is 0.385 e. The van der Waals surface area contributed by atoms with E-state index in [2.05, 4.69) is 37.5 Å². The van der Waals surface area contributed by atoms with E-state index in [9.17, 15) is 9.59 Å². The average Bonchev–Trinajstić information content (AvgIpc) is 2.64. The Hall–Kier alpha value is -1.94. The Morgan fingerprint density at radius 1 is 0.577 bits per heavy atom. The molecule has 146 valence electrons. The van der Waals surface area contributed by atoms with Crippen LogP contribution < -0.4 is 0 Å². The molecule has 4 nitrogen and oxygen atoms in total. The second-order valence-electron chi connectivity index (χ2n) is 6.31. The first kappa shape index (κ1) is 24.1. The highest BCUT2D eigenvalue weighted by molar-refractivity contribution is 5.91. The number of unbranched alkanes of at least 4 members (excludes halogenated alkanes) is 10. The summed E-state index contributed by atoms with van der Waals surface area (Å²) in [7, 11) is 0. The standard InChI is InChI=1S/C22H34O4/c1-3-5-7-9-11-15-19-25-21(23)17-13-14-18-22(24)26-20-16-12-10-8-6-4-2/h3-12,15-16,19-20H2,1-2H3. The van der Waals surface area contributed by atoms with Gasteiger partial charge in [0.1, 0.15) is 0 Å². The summed E-state index contributed by atoms with van der Waals surface area (Å²) in [5.41, 5.74) is 0. The van der Waals surface area contributed by atoms with Crippen molar-refractivity contribution in [2.45, 2.75) is 90.9 Å². The largest absolute Gasteiger partial charge is 0.456 e. The van der Waals surface area contributed by atoms with Crippen LogP contribution in [0.2, 0.25) is 0 Å². The predicted octanol–water partition coefficient (Wildman–Crippen LogP) is 4.80. The van der Waals surface area contributed by atoms with Crippen molar-refractivity contribution < 1.29 is 19.1 Å². The number of hydrogen-bond acceptors (Lipinski definition) is 4. The quantitative estimate of drug-likeness (QED) is 0.193. The molecule has 0 N–H and O–H groups in total. The molecule has 0 saturated heterocycles. The molecule has 0 heterocycles. The molecule has 0 aliphatic heterocycles. The summed E-state index contributed by atoms with van der Waals surface area (Å²) in [5.74, 6) is 7.94. The second kappa shape index (κ2) is 19.4. The Labute approximate surface area is 159 Å². The molecule has 0 fully saturated rings. The maximum Gasteiger partial charge on any atom is 0.385 e. The van der Waals surface area contributed by atoms with Crippen molar-refractivity contribution in [3.05, 3.63) is 0 Å². The van der Waals surface area contributed by atoms with Crippen LogP contribution in [0.25, 0.3) is 0 Å². The fraction of sp³-hybridized carbons (Fsp3) is 0.727. The summed E-state index contributed by atoms with van der Waals surface area (Å²) in [5, 5.41) is 0. The van der Waals surface area contributed by atoms with Gasteiger partial charge in [-0.05, 0) is 24.7 Å². The Morgan fingerprint density at radius 3 is 1.31 bits per heavy atom. The third-order valence-corrected chi connectivity index (χ3v) is 3.85. The van der Waals surface area contributed by atoms with Gasteiger partial charge in [0.2, 0.25) is 0 Å². The van der Waals surface area contributed by atoms with Crippen molar-refractivity contribution in [1.29, 1.82) is 0 Å². The maximum absolute atomic E-state index is 11.4. The minimum atomic E-state index is -0.603. The van der Waals surface area contributed by atoms with Crippen molar-refractivity contribution in [1.82, 2.24) is 0 Å². The molecule has 4 heteroatoms. The molecule has 0 aliphatic rings. The van der Waals surface area contributed by atoms with Crippen molar-refractivity contribution in [2.75, 3.05) is 13.2 Å². The summed E-state index contributed by atoms with van der Waals surface area (Å²) >= 11 is 0. The van der Waals surface area contributed by atoms with E-state index in [1.807, 2.05) is 0 Å². The lowest BCUT2D eigenvalue weighted by Crippen LogP contribution is -2.03. The van der Waals surface area contributed by atoms with Crippen molar-refractivity contribution >= 4 is 11.9 Å². The van der Waals surface area contributed by atoms with Gasteiger partial charge in [-0.1, -0.05) is 78.1 Å². The van der Waals surface area contributed by atoms with E-state index in [1.165, 1.54) is 51.4 Å². The van der Waals surface area contributed by atoms with Crippen molar-refractivity contribution in [2.24, 2.45) is 0 Å². The Morgan fingerprint density at radius 2 is 0.923 bits per heavy atom. The monoisotopic (exact) mass is 362 g/mol. The van der Waals surface area contributed by atoms with Gasteiger partial charge in [0.25, 0.3) is 0 Å². The topological polar surface area (TPSA) is 52.6 Å². The second-order valence-corrected chi connectivity index (χ2v) is 6.31. The van der Waals surface area contributed by atoms with Gasteiger partial charge in [0.05, 0.1) is 13.2 Å². The highest BCUT2D eigenvalue weighted by Crippen LogP contribution is 2.05. The summed E-state index contributed by atoms with van der Waals surface area (Å²) in [6, 6.07) is 0. The minimum absolute atomic E-state index is 0.382. The molecule has 0 aromatic heterocycles. The van der Waals surface area contributed by atoms with Crippen LogP contribution >= 0.6 is 0 Å². The molecule has 26 heavy (non-hydrogen) atoms. The first-order chi connectivity index (χ1) is 12.7. The van der Waals surface area contributed by atoms with Crippen LogP contribution in [0.4, 0.5) is 0 Å². The van der Waals surface area contributed by atoms with Gasteiger partial charge in [0.15, 0.2) is 0 Å². The number of carbonyl (C=O) groups is 2. The summed E-state index contributed by atoms with van der Waals surface area (Å²) < 4.78 is 9.96. The fourth-order valence-corrected chi connectivity index (χ4v) is 2.33. The molecule has 0 bridgehead atoms. The lowest BCUT2D eigenvalue weighted by molar-refractivity contribution is -0.137. The molecule has 0 aliphatic carbocycles. The molecule has 0 spiro atoms. The summed E-state index contributed by atoms with van der Waals surface area (Å²) in [6.07, 6.45) is 13.6. The number of carbonyl (C=O) groups excluding carboxylic acids is 2. The highest BCUT2D eigenvalue weighted by atomic mass is 16.5. The number of esters is 2. The zero-order valence-corrected chi connectivity index (χ0v) is 16.5. The maximum atomic E-state index is 11.4. The molecule has 0 amide bonds. The van der Waals surface area contributed by atoms with Crippen LogP contribution in [-0.2, 0) is 19.1 Å². The van der Waals surface area contributed by atoms with Gasteiger partial charge >= 0.3 is 11.9 Å². The third kappa shape index (κ3) is 18.4. The van der Waals surface area contributed by atoms with Crippen LogP contribution in [0.5, 0.6) is 0 Å². The highest BCUT2D eigenvalue weighted by Gasteiger charge is 1.98. The molecule has 0 unspecified atom stereocenters. The molecular weight excluding hydrogens is 328 g/mol. The molecule has 0 atom stereocenters. The van der Waals surface area contributed by atoms with Crippen molar-refractivity contribution in [3.63, 3.8) is 0 Å². The first-order valence-corrected chi connectivity index (χ1v) is 10.1. The predicted molar refractivity (Wildman–Crippen MR) is 104 cm³/mol. The van der Waals surface area contributed by atoms with E-state index in [1.54, 1.807) is 0 Å². The van der Waals surface area contributed by atoms with Gasteiger partial charge in [0, 0.05) is 11.8 Å². The van der Waals surface area contributed by atoms with Crippen LogP contribution in [0.1, 0.15) is 90.9 Å². The summed E-state index contributed by atoms with van der Waals surface area (Å²) in [6.45, 7) is 5.12. The SMILES string of the molecule is CCCCCCCCOC(=O)C#CC#CC(=O)OCCCCCCCC. The minimum Gasteiger partial charge on any atom is -0.456 e. The zero-order chi connectivity index (χ0) is 19.3. The Kier molecular flexibility index (Phi) is 17.9. The normalized spacial score (nSPS) is 9.46. The fourth-order valence-electron chi connectivity index (χ4n) is 2.33. The first-order valence-electron chi connectivity index (χ1n) is 10.1. The van der Waals surface area contributed by atoms with Crippen LogP contribution in [0.3, 0.4) is 0 Å². The van der Waals surface area contributed by atoms with Crippen LogP contribution in [0, 0.1) is 23.7 Å². The van der Waals surface area contributed by atoms with Crippen molar-refractivity contribution in [3.8, 4) is 23.7 Å². The van der Waals surface area contributed by atoms with E-state index >= 15 is 0 Å². The van der Waals surface area contributed by atoms with Gasteiger partial charge < -0.3 is 9.47 Å². The van der Waals surface area contributed by atoms with Gasteiger partial charge in [-0.3, -0.25) is 0 Å². The van der Waals surface area contributed by atoms with Gasteiger partial charge in [-0.25, -0.2) is 9.59 Å². The van der Waals surface area contributed by atoms with E-state index in [4.69, 9.17) is 9.47 Å². The number of hydrogen-bond donors (Lipinski definition) is 0. The summed E-state index contributed by atoms with van der Waals surface area (Å²) in [4.78, 5) is 22.7. The van der Waals surface area contributed by atoms with E-state index in [0.29, 0.717) is 13.2 Å².